The second-order valence-electron chi connectivity index (χ2n) is 6.51. The molecule has 0 amide bonds. The molecule has 4 aromatic rings. The maximum atomic E-state index is 6.16. The lowest BCUT2D eigenvalue weighted by Crippen LogP contribution is -1.76. The SMILES string of the molecule is CCCC#Cc1ccc2c(c1)[nH]c1c3ccc(C#CCCC)cc3oc21. The van der Waals surface area contributed by atoms with Crippen molar-refractivity contribution in [2.75, 3.05) is 0 Å². The van der Waals surface area contributed by atoms with Crippen molar-refractivity contribution in [3.63, 3.8) is 0 Å². The molecule has 1 N–H and O–H groups in total. The monoisotopic (exact) mass is 339 g/mol. The first-order valence-corrected chi connectivity index (χ1v) is 9.26. The van der Waals surface area contributed by atoms with Crippen LogP contribution in [-0.2, 0) is 0 Å². The van der Waals surface area contributed by atoms with Crippen molar-refractivity contribution in [3.05, 3.63) is 47.5 Å². The molecule has 128 valence electrons. The molecule has 2 aromatic carbocycles. The molecule has 0 bridgehead atoms. The topological polar surface area (TPSA) is 28.9 Å². The van der Waals surface area contributed by atoms with Gasteiger partial charge in [-0.05, 0) is 49.2 Å². The molecule has 0 saturated carbocycles. The van der Waals surface area contributed by atoms with Gasteiger partial charge in [-0.1, -0.05) is 37.5 Å². The Hall–Kier alpha value is -3.10. The number of aromatic amines is 1. The maximum Gasteiger partial charge on any atom is 0.160 e. The van der Waals surface area contributed by atoms with Crippen molar-refractivity contribution >= 4 is 33.0 Å². The van der Waals surface area contributed by atoms with E-state index in [0.29, 0.717) is 0 Å². The van der Waals surface area contributed by atoms with Gasteiger partial charge < -0.3 is 9.40 Å². The van der Waals surface area contributed by atoms with E-state index >= 15 is 0 Å². The van der Waals surface area contributed by atoms with Gasteiger partial charge in [0.2, 0.25) is 0 Å². The number of hydrogen-bond donors (Lipinski definition) is 1. The molecular weight excluding hydrogens is 318 g/mol. The van der Waals surface area contributed by atoms with Gasteiger partial charge >= 0.3 is 0 Å². The van der Waals surface area contributed by atoms with E-state index in [0.717, 1.165) is 69.8 Å². The van der Waals surface area contributed by atoms with E-state index in [9.17, 15) is 0 Å². The summed E-state index contributed by atoms with van der Waals surface area (Å²) in [5.74, 6) is 12.8. The van der Waals surface area contributed by atoms with Crippen molar-refractivity contribution < 1.29 is 4.42 Å². The number of rotatable bonds is 2. The minimum Gasteiger partial charge on any atom is -0.454 e. The Morgan fingerprint density at radius 2 is 1.50 bits per heavy atom. The highest BCUT2D eigenvalue weighted by atomic mass is 16.3. The smallest absolute Gasteiger partial charge is 0.160 e. The fourth-order valence-electron chi connectivity index (χ4n) is 3.13. The number of nitrogens with one attached hydrogen (secondary N) is 1. The van der Waals surface area contributed by atoms with Crippen molar-refractivity contribution in [1.82, 2.24) is 4.98 Å². The van der Waals surface area contributed by atoms with Crippen LogP contribution in [0.15, 0.2) is 40.8 Å². The standard InChI is InChI=1S/C24H21NO/c1-3-5-7-9-17-11-13-19-21(15-17)25-23-20-14-12-18(10-8-6-4-2)16-22(20)26-24(19)23/h11-16,25H,3-6H2,1-2H3. The van der Waals surface area contributed by atoms with Crippen molar-refractivity contribution in [1.29, 1.82) is 0 Å². The summed E-state index contributed by atoms with van der Waals surface area (Å²) in [5, 5.41) is 2.19. The van der Waals surface area contributed by atoms with E-state index < -0.39 is 0 Å². The van der Waals surface area contributed by atoms with Crippen LogP contribution in [0.2, 0.25) is 0 Å². The number of fused-ring (bicyclic) bond motifs is 5. The average molecular weight is 339 g/mol. The molecule has 26 heavy (non-hydrogen) atoms. The Kier molecular flexibility index (Phi) is 4.42. The van der Waals surface area contributed by atoms with Gasteiger partial charge in [-0.2, -0.15) is 0 Å². The lowest BCUT2D eigenvalue weighted by Gasteiger charge is -1.94. The van der Waals surface area contributed by atoms with Gasteiger partial charge in [0.05, 0.1) is 11.0 Å². The first kappa shape index (κ1) is 16.4. The van der Waals surface area contributed by atoms with Crippen LogP contribution in [0.5, 0.6) is 0 Å². The van der Waals surface area contributed by atoms with Gasteiger partial charge in [-0.25, -0.2) is 0 Å². The molecule has 4 rings (SSSR count). The van der Waals surface area contributed by atoms with Gasteiger partial charge in [-0.15, -0.1) is 0 Å². The molecule has 0 atom stereocenters. The minimum atomic E-state index is 0.878. The van der Waals surface area contributed by atoms with E-state index in [1.165, 1.54) is 0 Å². The zero-order valence-electron chi connectivity index (χ0n) is 15.2. The maximum absolute atomic E-state index is 6.16. The Labute approximate surface area is 153 Å². The summed E-state index contributed by atoms with van der Waals surface area (Å²) in [7, 11) is 0. The molecule has 0 saturated heterocycles. The molecule has 2 nitrogen and oxygen atoms in total. The number of H-pyrrole nitrogens is 1. The highest BCUT2D eigenvalue weighted by Crippen LogP contribution is 2.34. The largest absolute Gasteiger partial charge is 0.454 e. The van der Waals surface area contributed by atoms with Crippen LogP contribution in [0, 0.1) is 23.7 Å². The molecule has 2 heterocycles. The van der Waals surface area contributed by atoms with Crippen LogP contribution in [0.4, 0.5) is 0 Å². The number of aromatic nitrogens is 1. The van der Waals surface area contributed by atoms with Gasteiger partial charge in [0.15, 0.2) is 5.58 Å². The molecule has 0 aliphatic heterocycles. The summed E-state index contributed by atoms with van der Waals surface area (Å²) in [4.78, 5) is 3.51. The van der Waals surface area contributed by atoms with Crippen LogP contribution in [0.1, 0.15) is 50.7 Å². The lowest BCUT2D eigenvalue weighted by atomic mass is 10.1. The normalized spacial score (nSPS) is 10.7. The van der Waals surface area contributed by atoms with Gasteiger partial charge in [0.1, 0.15) is 5.58 Å². The van der Waals surface area contributed by atoms with Gasteiger partial charge in [0.25, 0.3) is 0 Å². The van der Waals surface area contributed by atoms with Crippen LogP contribution in [-0.4, -0.2) is 4.98 Å². The Bertz CT molecular complexity index is 1120. The molecule has 0 radical (unpaired) electrons. The summed E-state index contributed by atoms with van der Waals surface area (Å²) in [6, 6.07) is 12.4. The summed E-state index contributed by atoms with van der Waals surface area (Å²) in [6.07, 6.45) is 4.02. The first-order chi connectivity index (χ1) is 12.8. The summed E-state index contributed by atoms with van der Waals surface area (Å²) < 4.78 is 6.16. The molecule has 0 aliphatic carbocycles. The van der Waals surface area contributed by atoms with Gasteiger partial charge in [-0.3, -0.25) is 0 Å². The summed E-state index contributed by atoms with van der Waals surface area (Å²) in [6.45, 7) is 4.28. The average Bonchev–Trinajstić information content (AvgIpc) is 3.17. The van der Waals surface area contributed by atoms with E-state index in [2.05, 4.69) is 72.8 Å². The number of hydrogen-bond acceptors (Lipinski definition) is 1. The highest BCUT2D eigenvalue weighted by molar-refractivity contribution is 6.14. The molecular formula is C24H21NO. The van der Waals surface area contributed by atoms with E-state index in [4.69, 9.17) is 4.42 Å². The highest BCUT2D eigenvalue weighted by Gasteiger charge is 2.13. The fraction of sp³-hybridized carbons (Fsp3) is 0.250. The van der Waals surface area contributed by atoms with Crippen molar-refractivity contribution in [2.24, 2.45) is 0 Å². The van der Waals surface area contributed by atoms with Crippen LogP contribution < -0.4 is 0 Å². The lowest BCUT2D eigenvalue weighted by molar-refractivity contribution is 0.673. The van der Waals surface area contributed by atoms with E-state index in [-0.39, 0.29) is 0 Å². The van der Waals surface area contributed by atoms with Crippen molar-refractivity contribution in [3.8, 4) is 23.7 Å². The third-order valence-electron chi connectivity index (χ3n) is 4.43. The van der Waals surface area contributed by atoms with Gasteiger partial charge in [0, 0.05) is 34.7 Å². The predicted molar refractivity (Wildman–Crippen MR) is 109 cm³/mol. The second kappa shape index (κ2) is 7.03. The third-order valence-corrected chi connectivity index (χ3v) is 4.43. The summed E-state index contributed by atoms with van der Waals surface area (Å²) >= 11 is 0. The molecule has 0 unspecified atom stereocenters. The minimum absolute atomic E-state index is 0.878. The zero-order valence-corrected chi connectivity index (χ0v) is 15.2. The second-order valence-corrected chi connectivity index (χ2v) is 6.51. The molecule has 2 heteroatoms. The number of benzene rings is 2. The Morgan fingerprint density at radius 1 is 0.846 bits per heavy atom. The molecule has 2 aromatic heterocycles. The van der Waals surface area contributed by atoms with Crippen LogP contribution in [0.3, 0.4) is 0 Å². The van der Waals surface area contributed by atoms with Crippen molar-refractivity contribution in [2.45, 2.75) is 39.5 Å². The van der Waals surface area contributed by atoms with Crippen LogP contribution in [0.25, 0.3) is 33.0 Å². The summed E-state index contributed by atoms with van der Waals surface area (Å²) in [5.41, 5.74) is 5.93. The number of unbranched alkanes of at least 4 members (excludes halogenated alkanes) is 2. The third kappa shape index (κ3) is 2.96. The quantitative estimate of drug-likeness (QED) is 0.422. The number of furan rings is 1. The molecule has 0 aliphatic rings. The molecule has 0 fully saturated rings. The Morgan fingerprint density at radius 3 is 2.19 bits per heavy atom. The van der Waals surface area contributed by atoms with Crippen LogP contribution >= 0.6 is 0 Å². The van der Waals surface area contributed by atoms with E-state index in [1.807, 2.05) is 6.07 Å². The zero-order chi connectivity index (χ0) is 17.9. The van der Waals surface area contributed by atoms with E-state index in [1.54, 1.807) is 0 Å². The first-order valence-electron chi connectivity index (χ1n) is 9.26. The predicted octanol–water partition coefficient (Wildman–Crippen LogP) is 6.37. The Balaban J connectivity index is 1.79. The molecule has 0 spiro atoms. The fourth-order valence-corrected chi connectivity index (χ4v) is 3.13.